The van der Waals surface area contributed by atoms with E-state index in [2.05, 4.69) is 45.9 Å². The lowest BCUT2D eigenvalue weighted by molar-refractivity contribution is -0.181. The highest BCUT2D eigenvalue weighted by Gasteiger charge is 2.76. The monoisotopic (exact) mass is 763 g/mol. The SMILES string of the molecule is CC1=CCC[C@@]2(C)[C@@H](CC[C@@]2(O)CN(C[C@@H]2CC[C@H]3C[C@@H]2C3(C)C)C(=O)[C@@]23CC[C@@](C)(C(=O)O2)C3(C)C)c2ccc(cc2C(=O)c2ccccc2)C[C@@H](O)CC1. The second-order valence-electron chi connectivity index (χ2n) is 20.7. The smallest absolute Gasteiger partial charge is 0.313 e. The Hall–Kier alpha value is -3.29. The van der Waals surface area contributed by atoms with Gasteiger partial charge in [-0.15, -0.1) is 0 Å². The Morgan fingerprint density at radius 1 is 0.911 bits per heavy atom. The summed E-state index contributed by atoms with van der Waals surface area (Å²) in [5, 5.41) is 24.5. The average Bonchev–Trinajstić information content (AvgIpc) is 3.60. The minimum Gasteiger partial charge on any atom is -0.448 e. The number of aliphatic hydroxyl groups excluding tert-OH is 1. The number of carbonyl (C=O) groups excluding carboxylic acids is 3. The van der Waals surface area contributed by atoms with Crippen molar-refractivity contribution in [3.05, 3.63) is 82.4 Å². The molecule has 6 bridgehead atoms. The Morgan fingerprint density at radius 3 is 2.32 bits per heavy atom. The minimum atomic E-state index is -1.27. The van der Waals surface area contributed by atoms with Gasteiger partial charge in [-0.2, -0.15) is 0 Å². The summed E-state index contributed by atoms with van der Waals surface area (Å²) in [5.41, 5.74) is -0.118. The third-order valence-corrected chi connectivity index (χ3v) is 17.6. The van der Waals surface area contributed by atoms with Crippen LogP contribution in [-0.4, -0.2) is 63.2 Å². The maximum absolute atomic E-state index is 15.5. The van der Waals surface area contributed by atoms with Crippen LogP contribution in [0.4, 0.5) is 0 Å². The van der Waals surface area contributed by atoms with E-state index in [9.17, 15) is 19.8 Å². The van der Waals surface area contributed by atoms with Gasteiger partial charge in [0.25, 0.3) is 5.91 Å². The zero-order valence-electron chi connectivity index (χ0n) is 35.0. The molecule has 7 heteroatoms. The second kappa shape index (κ2) is 13.6. The van der Waals surface area contributed by atoms with Gasteiger partial charge < -0.3 is 19.8 Å². The molecule has 1 amide bonds. The van der Waals surface area contributed by atoms with Crippen molar-refractivity contribution in [2.75, 3.05) is 13.1 Å². The lowest BCUT2D eigenvalue weighted by Crippen LogP contribution is -2.62. The van der Waals surface area contributed by atoms with E-state index >= 15 is 4.79 Å². The fourth-order valence-electron chi connectivity index (χ4n) is 12.9. The number of amides is 1. The van der Waals surface area contributed by atoms with Crippen molar-refractivity contribution in [3.8, 4) is 0 Å². The van der Waals surface area contributed by atoms with Crippen molar-refractivity contribution in [3.63, 3.8) is 0 Å². The maximum Gasteiger partial charge on any atom is 0.313 e. The van der Waals surface area contributed by atoms with Gasteiger partial charge in [0, 0.05) is 28.5 Å². The quantitative estimate of drug-likeness (QED) is 0.166. The molecule has 7 aliphatic carbocycles. The highest BCUT2D eigenvalue weighted by Crippen LogP contribution is 2.67. The van der Waals surface area contributed by atoms with Crippen molar-refractivity contribution >= 4 is 17.7 Å². The topological polar surface area (TPSA) is 104 Å². The van der Waals surface area contributed by atoms with Crippen molar-refractivity contribution in [1.82, 2.24) is 4.90 Å². The molecule has 2 N–H and O–H groups in total. The molecule has 6 fully saturated rings. The molecule has 1 saturated heterocycles. The molecule has 2 aromatic carbocycles. The number of hydrogen-bond acceptors (Lipinski definition) is 6. The number of ether oxygens (including phenoxy) is 1. The van der Waals surface area contributed by atoms with Crippen LogP contribution in [0.1, 0.15) is 152 Å². The van der Waals surface area contributed by atoms with Crippen LogP contribution < -0.4 is 0 Å². The molecule has 2 aromatic rings. The summed E-state index contributed by atoms with van der Waals surface area (Å²) >= 11 is 0. The Bertz CT molecular complexity index is 1930. The molecule has 10 rings (SSSR count). The average molecular weight is 764 g/mol. The van der Waals surface area contributed by atoms with E-state index in [4.69, 9.17) is 4.74 Å². The number of allylic oxidation sites excluding steroid dienone is 2. The number of carbonyl (C=O) groups is 3. The molecule has 0 spiro atoms. The molecule has 1 heterocycles. The van der Waals surface area contributed by atoms with Crippen LogP contribution in [0.25, 0.3) is 0 Å². The van der Waals surface area contributed by atoms with Gasteiger partial charge >= 0.3 is 5.97 Å². The maximum atomic E-state index is 15.5. The van der Waals surface area contributed by atoms with E-state index in [0.717, 1.165) is 42.7 Å². The molecule has 8 aliphatic rings. The predicted octanol–water partition coefficient (Wildman–Crippen LogP) is 8.98. The van der Waals surface area contributed by atoms with Crippen LogP contribution >= 0.6 is 0 Å². The van der Waals surface area contributed by atoms with Gasteiger partial charge in [0.1, 0.15) is 0 Å². The third-order valence-electron chi connectivity index (χ3n) is 17.6. The highest BCUT2D eigenvalue weighted by molar-refractivity contribution is 6.10. The van der Waals surface area contributed by atoms with Crippen LogP contribution in [-0.2, 0) is 20.7 Å². The molecule has 5 saturated carbocycles. The van der Waals surface area contributed by atoms with E-state index < -0.39 is 33.6 Å². The molecular weight excluding hydrogens is 699 g/mol. The Kier molecular flexibility index (Phi) is 9.63. The number of nitrogens with zero attached hydrogens (tertiary/aromatic N) is 1. The van der Waals surface area contributed by atoms with Gasteiger partial charge in [-0.1, -0.05) is 88.7 Å². The number of rotatable bonds is 7. The zero-order valence-corrected chi connectivity index (χ0v) is 35.0. The number of aliphatic hydroxyl groups is 2. The van der Waals surface area contributed by atoms with Crippen LogP contribution in [0, 0.1) is 39.4 Å². The second-order valence-corrected chi connectivity index (χ2v) is 20.7. The summed E-state index contributed by atoms with van der Waals surface area (Å²) in [5.74, 6) is 0.905. The van der Waals surface area contributed by atoms with Crippen molar-refractivity contribution < 1.29 is 29.3 Å². The predicted molar refractivity (Wildman–Crippen MR) is 218 cm³/mol. The number of esters is 1. The minimum absolute atomic E-state index is 0.0539. The molecular formula is C49H65NO6. The van der Waals surface area contributed by atoms with Gasteiger partial charge in [0.15, 0.2) is 11.4 Å². The summed E-state index contributed by atoms with van der Waals surface area (Å²) in [7, 11) is 0. The standard InChI is InChI=1S/C49H65NO6/c1-31-12-11-22-46(6)39(37-20-16-32(26-36(51)19-15-31)27-38(37)41(52)33-13-9-8-10-14-33)21-23-48(46,55)30-50(29-34-17-18-35-28-40(34)44(35,2)3)42(53)49-25-24-47(7,43(54)56-49)45(49,4)5/h8-10,12-14,16,20,27,34-36,39-40,51,55H,11,15,17-19,21-26,28-30H2,1-7H3/t34-,35-,36-,39-,40-,46-,47-,48+,49+/m0/s1. The van der Waals surface area contributed by atoms with Crippen molar-refractivity contribution in [1.29, 1.82) is 0 Å². The lowest BCUT2D eigenvalue weighted by Gasteiger charge is -2.61. The number of ketones is 1. The summed E-state index contributed by atoms with van der Waals surface area (Å²) in [4.78, 5) is 45.4. The van der Waals surface area contributed by atoms with E-state index in [1.165, 1.54) is 12.0 Å². The molecule has 56 heavy (non-hydrogen) atoms. The molecule has 0 aromatic heterocycles. The largest absolute Gasteiger partial charge is 0.448 e. The van der Waals surface area contributed by atoms with Crippen molar-refractivity contribution in [2.24, 2.45) is 39.4 Å². The van der Waals surface area contributed by atoms with Crippen LogP contribution in [0.5, 0.6) is 0 Å². The molecule has 9 atom stereocenters. The molecule has 1 aliphatic heterocycles. The van der Waals surface area contributed by atoms with Gasteiger partial charge in [-0.3, -0.25) is 14.4 Å². The molecule has 302 valence electrons. The first kappa shape index (κ1) is 39.5. The Balaban J connectivity index is 1.21. The van der Waals surface area contributed by atoms with E-state index in [0.29, 0.717) is 74.5 Å². The summed E-state index contributed by atoms with van der Waals surface area (Å²) in [6.07, 6.45) is 10.7. The first-order valence-electron chi connectivity index (χ1n) is 21.7. The van der Waals surface area contributed by atoms with Crippen LogP contribution in [0.15, 0.2) is 60.2 Å². The normalized spacial score (nSPS) is 38.2. The van der Waals surface area contributed by atoms with Gasteiger partial charge in [-0.25, -0.2) is 0 Å². The van der Waals surface area contributed by atoms with Gasteiger partial charge in [0.2, 0.25) is 0 Å². The van der Waals surface area contributed by atoms with Crippen LogP contribution in [0.3, 0.4) is 0 Å². The fourth-order valence-corrected chi connectivity index (χ4v) is 12.9. The van der Waals surface area contributed by atoms with Gasteiger partial charge in [-0.05, 0) is 137 Å². The first-order chi connectivity index (χ1) is 26.4. The Morgan fingerprint density at radius 2 is 1.66 bits per heavy atom. The zero-order chi connectivity index (χ0) is 40.1. The number of benzene rings is 2. The highest BCUT2D eigenvalue weighted by atomic mass is 16.6. The van der Waals surface area contributed by atoms with Crippen molar-refractivity contribution in [2.45, 2.75) is 149 Å². The lowest BCUT2D eigenvalue weighted by atomic mass is 9.45. The summed E-state index contributed by atoms with van der Waals surface area (Å²) in [6.45, 7) is 15.8. The number of hydrogen-bond donors (Lipinski definition) is 2. The molecule has 0 unspecified atom stereocenters. The van der Waals surface area contributed by atoms with Crippen LogP contribution in [0.2, 0.25) is 0 Å². The molecule has 0 radical (unpaired) electrons. The summed E-state index contributed by atoms with van der Waals surface area (Å²) < 4.78 is 6.26. The van der Waals surface area contributed by atoms with E-state index in [-0.39, 0.29) is 35.5 Å². The first-order valence-corrected chi connectivity index (χ1v) is 21.7. The summed E-state index contributed by atoms with van der Waals surface area (Å²) in [6, 6.07) is 15.5. The Labute approximate surface area is 334 Å². The molecule has 7 nitrogen and oxygen atoms in total. The number of fused-ring (bicyclic) bond motifs is 12. The third kappa shape index (κ3) is 5.82. The fraction of sp³-hybridized carbons (Fsp3) is 0.653. The van der Waals surface area contributed by atoms with E-state index in [1.807, 2.05) is 62.1 Å². The van der Waals surface area contributed by atoms with Gasteiger partial charge in [0.05, 0.1) is 23.7 Å². The van der Waals surface area contributed by atoms with E-state index in [1.54, 1.807) is 0 Å².